The summed E-state index contributed by atoms with van der Waals surface area (Å²) in [7, 11) is -3.37. The van der Waals surface area contributed by atoms with E-state index in [1.807, 2.05) is 54.3 Å². The Balaban J connectivity index is 1.22. The molecule has 0 N–H and O–H groups in total. The summed E-state index contributed by atoms with van der Waals surface area (Å²) in [6.45, 7) is 6.89. The summed E-state index contributed by atoms with van der Waals surface area (Å²) in [6.07, 6.45) is 5.52. The number of nitrogens with zero attached hydrogens (tertiary/aromatic N) is 3. The number of hydrogen-bond acceptors (Lipinski definition) is 4. The molecule has 0 spiro atoms. The number of piperidine rings is 1. The summed E-state index contributed by atoms with van der Waals surface area (Å²) >= 11 is 0. The zero-order chi connectivity index (χ0) is 24.0. The Morgan fingerprint density at radius 1 is 0.912 bits per heavy atom. The van der Waals surface area contributed by atoms with E-state index in [-0.39, 0.29) is 17.6 Å². The topological polar surface area (TPSA) is 60.9 Å². The van der Waals surface area contributed by atoms with Crippen molar-refractivity contribution in [1.82, 2.24) is 14.1 Å². The molecule has 4 rings (SSSR count). The van der Waals surface area contributed by atoms with Gasteiger partial charge in [0.15, 0.2) is 0 Å². The molecule has 0 aliphatic carbocycles. The third-order valence-corrected chi connectivity index (χ3v) is 8.78. The number of aryl methyl sites for hydroxylation is 1. The molecule has 1 amide bonds. The van der Waals surface area contributed by atoms with Crippen LogP contribution < -0.4 is 0 Å². The second kappa shape index (κ2) is 11.3. The van der Waals surface area contributed by atoms with Crippen molar-refractivity contribution >= 4 is 22.0 Å². The van der Waals surface area contributed by atoms with Crippen molar-refractivity contribution in [2.24, 2.45) is 5.92 Å². The van der Waals surface area contributed by atoms with Crippen molar-refractivity contribution < 1.29 is 13.2 Å². The molecule has 2 fully saturated rings. The second-order valence-corrected chi connectivity index (χ2v) is 11.3. The highest BCUT2D eigenvalue weighted by Crippen LogP contribution is 2.24. The zero-order valence-electron chi connectivity index (χ0n) is 20.0. The Kier molecular flexibility index (Phi) is 8.19. The Morgan fingerprint density at radius 3 is 2.24 bits per heavy atom. The molecule has 6 nitrogen and oxygen atoms in total. The molecule has 2 aromatic rings. The molecule has 2 heterocycles. The van der Waals surface area contributed by atoms with Crippen molar-refractivity contribution in [2.75, 3.05) is 45.8 Å². The zero-order valence-corrected chi connectivity index (χ0v) is 20.8. The minimum Gasteiger partial charge on any atom is -0.340 e. The molecular weight excluding hydrogens is 446 g/mol. The number of hydrogen-bond donors (Lipinski definition) is 0. The van der Waals surface area contributed by atoms with Gasteiger partial charge in [-0.15, -0.1) is 0 Å². The molecule has 182 valence electrons. The summed E-state index contributed by atoms with van der Waals surface area (Å²) in [4.78, 5) is 17.4. The Hall–Kier alpha value is -2.48. The Labute approximate surface area is 203 Å². The molecule has 2 aliphatic rings. The Morgan fingerprint density at radius 2 is 1.56 bits per heavy atom. The molecule has 0 unspecified atom stereocenters. The summed E-state index contributed by atoms with van der Waals surface area (Å²) < 4.78 is 27.4. The fourth-order valence-corrected chi connectivity index (χ4v) is 6.42. The summed E-state index contributed by atoms with van der Waals surface area (Å²) in [5.41, 5.74) is 3.03. The van der Waals surface area contributed by atoms with Gasteiger partial charge in [0.05, 0.1) is 5.75 Å². The fourth-order valence-electron chi connectivity index (χ4n) is 4.75. The first kappa shape index (κ1) is 24.6. The smallest absolute Gasteiger partial charge is 0.225 e. The van der Waals surface area contributed by atoms with Crippen molar-refractivity contribution in [3.63, 3.8) is 0 Å². The van der Waals surface area contributed by atoms with Crippen molar-refractivity contribution in [3.05, 3.63) is 77.4 Å². The van der Waals surface area contributed by atoms with E-state index in [1.54, 1.807) is 4.31 Å². The van der Waals surface area contributed by atoms with Crippen LogP contribution in [0.5, 0.6) is 0 Å². The summed E-state index contributed by atoms with van der Waals surface area (Å²) in [6, 6.07) is 17.9. The predicted octanol–water partition coefficient (Wildman–Crippen LogP) is 3.39. The first-order valence-electron chi connectivity index (χ1n) is 12.2. The van der Waals surface area contributed by atoms with Crippen molar-refractivity contribution in [2.45, 2.75) is 25.5 Å². The van der Waals surface area contributed by atoms with Gasteiger partial charge < -0.3 is 4.90 Å². The van der Waals surface area contributed by atoms with Gasteiger partial charge in [0, 0.05) is 51.7 Å². The van der Waals surface area contributed by atoms with Gasteiger partial charge in [0.2, 0.25) is 15.9 Å². The predicted molar refractivity (Wildman–Crippen MR) is 137 cm³/mol. The average molecular weight is 482 g/mol. The van der Waals surface area contributed by atoms with Gasteiger partial charge in [-0.3, -0.25) is 9.69 Å². The number of piperazine rings is 1. The molecule has 0 radical (unpaired) electrons. The minimum absolute atomic E-state index is 0.0268. The van der Waals surface area contributed by atoms with Crippen LogP contribution in [-0.2, 0) is 20.6 Å². The lowest BCUT2D eigenvalue weighted by molar-refractivity contribution is -0.138. The highest BCUT2D eigenvalue weighted by molar-refractivity contribution is 7.88. The Bertz CT molecular complexity index is 1090. The van der Waals surface area contributed by atoms with E-state index >= 15 is 0 Å². The molecule has 0 atom stereocenters. The molecule has 7 heteroatoms. The lowest BCUT2D eigenvalue weighted by Crippen LogP contribution is -2.51. The van der Waals surface area contributed by atoms with Crippen LogP contribution >= 0.6 is 0 Å². The number of benzene rings is 2. The normalized spacial score (nSPS) is 19.0. The third-order valence-electron chi connectivity index (χ3n) is 6.95. The molecule has 34 heavy (non-hydrogen) atoms. The third kappa shape index (κ3) is 6.34. The quantitative estimate of drug-likeness (QED) is 0.608. The van der Waals surface area contributed by atoms with E-state index in [0.29, 0.717) is 25.9 Å². The maximum Gasteiger partial charge on any atom is 0.225 e. The molecule has 0 saturated carbocycles. The van der Waals surface area contributed by atoms with E-state index in [4.69, 9.17) is 0 Å². The van der Waals surface area contributed by atoms with Crippen LogP contribution in [0.2, 0.25) is 0 Å². The van der Waals surface area contributed by atoms with Gasteiger partial charge in [0.1, 0.15) is 0 Å². The number of carbonyl (C=O) groups is 1. The highest BCUT2D eigenvalue weighted by Gasteiger charge is 2.34. The lowest BCUT2D eigenvalue weighted by Gasteiger charge is -2.38. The van der Waals surface area contributed by atoms with Crippen LogP contribution in [0.1, 0.15) is 29.5 Å². The van der Waals surface area contributed by atoms with Crippen LogP contribution in [0.15, 0.2) is 60.7 Å². The molecule has 0 bridgehead atoms. The van der Waals surface area contributed by atoms with Crippen molar-refractivity contribution in [1.29, 1.82) is 0 Å². The monoisotopic (exact) mass is 481 g/mol. The number of amides is 1. The first-order valence-corrected chi connectivity index (χ1v) is 13.8. The molecule has 2 saturated heterocycles. The first-order chi connectivity index (χ1) is 16.4. The van der Waals surface area contributed by atoms with E-state index in [9.17, 15) is 13.2 Å². The fraction of sp³-hybridized carbons (Fsp3) is 0.444. The molecule has 2 aromatic carbocycles. The standard InChI is InChI=1S/C27H35N3O3S/c1-23-8-5-6-12-26(23)22-34(32,33)30-16-13-25(14-17-30)27(31)29-20-18-28(19-21-29)15-7-11-24-9-3-2-4-10-24/h2-12,25H,13-22H2,1H3/b11-7+. The molecule has 0 aromatic heterocycles. The van der Waals surface area contributed by atoms with Gasteiger partial charge in [-0.05, 0) is 36.5 Å². The minimum atomic E-state index is -3.37. The van der Waals surface area contributed by atoms with Crippen LogP contribution in [0.3, 0.4) is 0 Å². The van der Waals surface area contributed by atoms with E-state index in [2.05, 4.69) is 29.2 Å². The largest absolute Gasteiger partial charge is 0.340 e. The SMILES string of the molecule is Cc1ccccc1CS(=O)(=O)N1CCC(C(=O)N2CCN(C/C=C/c3ccccc3)CC2)CC1. The maximum atomic E-state index is 13.1. The highest BCUT2D eigenvalue weighted by atomic mass is 32.2. The average Bonchev–Trinajstić information content (AvgIpc) is 2.86. The van der Waals surface area contributed by atoms with Gasteiger partial charge in [-0.2, -0.15) is 0 Å². The van der Waals surface area contributed by atoms with Gasteiger partial charge in [0.25, 0.3) is 0 Å². The molecule has 2 aliphatic heterocycles. The number of carbonyl (C=O) groups excluding carboxylic acids is 1. The summed E-state index contributed by atoms with van der Waals surface area (Å²) in [5, 5.41) is 0. The van der Waals surface area contributed by atoms with E-state index < -0.39 is 10.0 Å². The number of rotatable bonds is 7. The molecular formula is C27H35N3O3S. The summed E-state index contributed by atoms with van der Waals surface area (Å²) in [5.74, 6) is 0.142. The van der Waals surface area contributed by atoms with E-state index in [1.165, 1.54) is 5.56 Å². The van der Waals surface area contributed by atoms with Crippen LogP contribution in [-0.4, -0.2) is 74.2 Å². The van der Waals surface area contributed by atoms with Crippen LogP contribution in [0.25, 0.3) is 6.08 Å². The van der Waals surface area contributed by atoms with Gasteiger partial charge >= 0.3 is 0 Å². The van der Waals surface area contributed by atoms with E-state index in [0.717, 1.165) is 43.9 Å². The second-order valence-electron chi connectivity index (χ2n) is 9.29. The maximum absolute atomic E-state index is 13.1. The van der Waals surface area contributed by atoms with Gasteiger partial charge in [-0.25, -0.2) is 12.7 Å². The van der Waals surface area contributed by atoms with Crippen LogP contribution in [0.4, 0.5) is 0 Å². The van der Waals surface area contributed by atoms with Gasteiger partial charge in [-0.1, -0.05) is 66.7 Å². The van der Waals surface area contributed by atoms with Crippen molar-refractivity contribution in [3.8, 4) is 0 Å². The lowest BCUT2D eigenvalue weighted by atomic mass is 9.96. The van der Waals surface area contributed by atoms with Crippen LogP contribution in [0, 0.1) is 12.8 Å². The number of sulfonamides is 1.